The molecule has 1 saturated heterocycles. The first kappa shape index (κ1) is 21.4. The lowest BCUT2D eigenvalue weighted by Gasteiger charge is -2.37. The van der Waals surface area contributed by atoms with Crippen molar-refractivity contribution in [3.8, 4) is 0 Å². The Bertz CT molecular complexity index is 1330. The number of nitrogens with one attached hydrogen (secondary N) is 1. The predicted molar refractivity (Wildman–Crippen MR) is 136 cm³/mol. The highest BCUT2D eigenvalue weighted by molar-refractivity contribution is 7.19. The lowest BCUT2D eigenvalue weighted by Crippen LogP contribution is -2.47. The molecule has 8 heteroatoms. The van der Waals surface area contributed by atoms with Gasteiger partial charge in [0.2, 0.25) is 0 Å². The molecule has 0 bridgehead atoms. The van der Waals surface area contributed by atoms with Gasteiger partial charge in [-0.1, -0.05) is 19.1 Å². The summed E-state index contributed by atoms with van der Waals surface area (Å²) in [6.45, 7) is 9.30. The number of hydrogen-bond acceptors (Lipinski definition) is 7. The summed E-state index contributed by atoms with van der Waals surface area (Å²) >= 11 is 3.53. The second-order valence-corrected chi connectivity index (χ2v) is 11.7. The number of benzene rings is 1. The van der Waals surface area contributed by atoms with Crippen molar-refractivity contribution < 1.29 is 0 Å². The fraction of sp³-hybridized carbons (Fsp3) is 0.480. The zero-order valence-electron chi connectivity index (χ0n) is 19.1. The first-order chi connectivity index (χ1) is 16.0. The number of aromatic nitrogens is 3. The molecule has 0 unspecified atom stereocenters. The third-order valence-corrected chi connectivity index (χ3v) is 9.40. The third kappa shape index (κ3) is 4.03. The van der Waals surface area contributed by atoms with Crippen LogP contribution in [0.25, 0.3) is 20.4 Å². The van der Waals surface area contributed by atoms with Crippen LogP contribution in [-0.4, -0.2) is 50.9 Å². The summed E-state index contributed by atoms with van der Waals surface area (Å²) in [7, 11) is 0. The number of rotatable bonds is 4. The van der Waals surface area contributed by atoms with Gasteiger partial charge in [0.05, 0.1) is 28.2 Å². The molecule has 2 atom stereocenters. The van der Waals surface area contributed by atoms with Crippen LogP contribution in [0, 0.1) is 5.92 Å². The zero-order chi connectivity index (χ0) is 22.5. The van der Waals surface area contributed by atoms with E-state index in [2.05, 4.69) is 46.8 Å². The predicted octanol–water partition coefficient (Wildman–Crippen LogP) is 4.60. The van der Waals surface area contributed by atoms with Gasteiger partial charge in [0.15, 0.2) is 0 Å². The molecule has 1 aromatic carbocycles. The van der Waals surface area contributed by atoms with Gasteiger partial charge in [0.1, 0.15) is 15.7 Å². The van der Waals surface area contributed by atoms with Gasteiger partial charge in [-0.15, -0.1) is 22.7 Å². The number of aryl methyl sites for hydroxylation is 1. The summed E-state index contributed by atoms with van der Waals surface area (Å²) in [4.78, 5) is 33.1. The van der Waals surface area contributed by atoms with Crippen molar-refractivity contribution in [2.75, 3.05) is 26.2 Å². The van der Waals surface area contributed by atoms with Crippen LogP contribution in [0.3, 0.4) is 0 Å². The smallest absolute Gasteiger partial charge is 0.259 e. The molecule has 6 nitrogen and oxygen atoms in total. The van der Waals surface area contributed by atoms with Crippen molar-refractivity contribution in [2.45, 2.75) is 45.7 Å². The van der Waals surface area contributed by atoms with Gasteiger partial charge in [0, 0.05) is 31.1 Å². The Morgan fingerprint density at radius 2 is 1.97 bits per heavy atom. The largest absolute Gasteiger partial charge is 0.309 e. The van der Waals surface area contributed by atoms with E-state index < -0.39 is 0 Å². The van der Waals surface area contributed by atoms with Gasteiger partial charge in [-0.05, 0) is 49.8 Å². The monoisotopic (exact) mass is 479 g/mol. The molecule has 0 radical (unpaired) electrons. The van der Waals surface area contributed by atoms with Gasteiger partial charge < -0.3 is 4.98 Å². The van der Waals surface area contributed by atoms with Crippen molar-refractivity contribution in [2.24, 2.45) is 5.92 Å². The van der Waals surface area contributed by atoms with E-state index in [-0.39, 0.29) is 11.6 Å². The van der Waals surface area contributed by atoms with Crippen LogP contribution in [0.4, 0.5) is 0 Å². The Labute approximate surface area is 201 Å². The topological polar surface area (TPSA) is 65.1 Å². The highest BCUT2D eigenvalue weighted by Crippen LogP contribution is 2.36. The maximum Gasteiger partial charge on any atom is 0.259 e. The van der Waals surface area contributed by atoms with E-state index in [4.69, 9.17) is 9.97 Å². The van der Waals surface area contributed by atoms with E-state index in [1.165, 1.54) is 20.1 Å². The highest BCUT2D eigenvalue weighted by atomic mass is 32.1. The molecule has 0 amide bonds. The van der Waals surface area contributed by atoms with Crippen molar-refractivity contribution in [1.82, 2.24) is 24.8 Å². The average molecular weight is 480 g/mol. The molecule has 3 aromatic heterocycles. The highest BCUT2D eigenvalue weighted by Gasteiger charge is 2.27. The standard InChI is InChI=1S/C25H29N5OS2/c1-15-7-8-17-20(13-15)33-25-22(17)24(31)27-23(28-25)16(2)30-11-9-29(10-12-30)14-21-26-18-5-3-4-6-19(18)32-21/h3-6,15-16H,7-14H2,1-2H3,(H,27,28,31)/t15-,16+/m0/s1. The minimum absolute atomic E-state index is 0.0448. The van der Waals surface area contributed by atoms with Crippen LogP contribution in [0.15, 0.2) is 29.1 Å². The van der Waals surface area contributed by atoms with Gasteiger partial charge >= 0.3 is 0 Å². The van der Waals surface area contributed by atoms with Crippen molar-refractivity contribution in [1.29, 1.82) is 0 Å². The molecule has 0 spiro atoms. The zero-order valence-corrected chi connectivity index (χ0v) is 20.8. The van der Waals surface area contributed by atoms with E-state index >= 15 is 0 Å². The number of hydrogen-bond donors (Lipinski definition) is 1. The van der Waals surface area contributed by atoms with Crippen molar-refractivity contribution in [3.63, 3.8) is 0 Å². The summed E-state index contributed by atoms with van der Waals surface area (Å²) in [6, 6.07) is 8.46. The molecule has 33 heavy (non-hydrogen) atoms. The van der Waals surface area contributed by atoms with Gasteiger partial charge in [-0.2, -0.15) is 0 Å². The van der Waals surface area contributed by atoms with E-state index in [1.807, 2.05) is 6.07 Å². The van der Waals surface area contributed by atoms with Crippen LogP contribution in [0.5, 0.6) is 0 Å². The molecular formula is C25H29N5OS2. The second kappa shape index (κ2) is 8.58. The van der Waals surface area contributed by atoms with E-state index in [1.54, 1.807) is 22.7 Å². The molecule has 172 valence electrons. The number of thiophene rings is 1. The maximum absolute atomic E-state index is 13.0. The summed E-state index contributed by atoms with van der Waals surface area (Å²) in [5.74, 6) is 1.50. The summed E-state index contributed by atoms with van der Waals surface area (Å²) in [6.07, 6.45) is 3.25. The normalized spacial score (nSPS) is 21.0. The fourth-order valence-electron chi connectivity index (χ4n) is 5.22. The van der Waals surface area contributed by atoms with E-state index in [9.17, 15) is 4.79 Å². The molecule has 4 aromatic rings. The van der Waals surface area contributed by atoms with Gasteiger partial charge in [0.25, 0.3) is 5.56 Å². The van der Waals surface area contributed by atoms with E-state index in [0.717, 1.165) is 73.5 Å². The van der Waals surface area contributed by atoms with Crippen LogP contribution < -0.4 is 5.56 Å². The number of thiazole rings is 1. The Hall–Kier alpha value is -2.13. The van der Waals surface area contributed by atoms with Crippen LogP contribution in [0.1, 0.15) is 47.6 Å². The minimum atomic E-state index is 0.0448. The SMILES string of the molecule is C[C@H]1CCc2c(sc3nc([C@@H](C)N4CCN(Cc5nc6ccccc6s5)CC4)[nH]c(=O)c23)C1. The molecule has 1 N–H and O–H groups in total. The quantitative estimate of drug-likeness (QED) is 0.464. The Kier molecular flexibility index (Phi) is 5.57. The number of nitrogens with zero attached hydrogens (tertiary/aromatic N) is 4. The van der Waals surface area contributed by atoms with Crippen molar-refractivity contribution >= 4 is 43.1 Å². The molecule has 1 aliphatic carbocycles. The lowest BCUT2D eigenvalue weighted by molar-refractivity contribution is 0.0948. The summed E-state index contributed by atoms with van der Waals surface area (Å²) in [5.41, 5.74) is 2.40. The molecule has 0 saturated carbocycles. The first-order valence-electron chi connectivity index (χ1n) is 11.9. The Balaban J connectivity index is 1.15. The molecular weight excluding hydrogens is 450 g/mol. The Morgan fingerprint density at radius 3 is 2.79 bits per heavy atom. The first-order valence-corrected chi connectivity index (χ1v) is 13.5. The summed E-state index contributed by atoms with van der Waals surface area (Å²) in [5, 5.41) is 2.03. The Morgan fingerprint density at radius 1 is 1.15 bits per heavy atom. The second-order valence-electron chi connectivity index (χ2n) is 9.55. The molecule has 1 aliphatic heterocycles. The van der Waals surface area contributed by atoms with Crippen LogP contribution in [-0.2, 0) is 19.4 Å². The number of piperazine rings is 1. The van der Waals surface area contributed by atoms with E-state index in [0.29, 0.717) is 5.92 Å². The number of aromatic amines is 1. The third-order valence-electron chi connectivity index (χ3n) is 7.23. The van der Waals surface area contributed by atoms with Gasteiger partial charge in [-0.3, -0.25) is 14.6 Å². The maximum atomic E-state index is 13.0. The van der Waals surface area contributed by atoms with Crippen LogP contribution in [0.2, 0.25) is 0 Å². The summed E-state index contributed by atoms with van der Waals surface area (Å²) < 4.78 is 1.26. The number of fused-ring (bicyclic) bond motifs is 4. The van der Waals surface area contributed by atoms with Crippen molar-refractivity contribution in [3.05, 3.63) is 55.9 Å². The molecule has 1 fully saturated rings. The number of para-hydroxylation sites is 1. The molecule has 4 heterocycles. The minimum Gasteiger partial charge on any atom is -0.309 e. The van der Waals surface area contributed by atoms with Crippen LogP contribution >= 0.6 is 22.7 Å². The molecule has 6 rings (SSSR count). The number of H-pyrrole nitrogens is 1. The molecule has 2 aliphatic rings. The lowest BCUT2D eigenvalue weighted by atomic mass is 9.89. The fourth-order valence-corrected chi connectivity index (χ4v) is 7.62. The average Bonchev–Trinajstić information content (AvgIpc) is 3.39. The van der Waals surface area contributed by atoms with Gasteiger partial charge in [-0.25, -0.2) is 9.97 Å².